The van der Waals surface area contributed by atoms with Crippen LogP contribution in [-0.2, 0) is 9.59 Å². The van der Waals surface area contributed by atoms with Gasteiger partial charge in [-0.25, -0.2) is 0 Å². The second-order valence-electron chi connectivity index (χ2n) is 5.56. The van der Waals surface area contributed by atoms with Gasteiger partial charge < -0.3 is 9.63 Å². The van der Waals surface area contributed by atoms with Crippen molar-refractivity contribution in [2.45, 2.75) is 51.9 Å². The summed E-state index contributed by atoms with van der Waals surface area (Å²) in [5.74, 6) is -0.935. The highest BCUT2D eigenvalue weighted by atomic mass is 16.5. The molecule has 6 nitrogen and oxygen atoms in total. The van der Waals surface area contributed by atoms with E-state index in [9.17, 15) is 14.7 Å². The van der Waals surface area contributed by atoms with Crippen molar-refractivity contribution in [1.82, 2.24) is 5.16 Å². The van der Waals surface area contributed by atoms with E-state index >= 15 is 0 Å². The molecule has 2 rings (SSSR count). The molecular weight excluding hydrogens is 260 g/mol. The van der Waals surface area contributed by atoms with Gasteiger partial charge >= 0.3 is 5.97 Å². The van der Waals surface area contributed by atoms with Crippen LogP contribution < -0.4 is 5.32 Å². The van der Waals surface area contributed by atoms with E-state index in [0.717, 1.165) is 25.7 Å². The van der Waals surface area contributed by atoms with Crippen LogP contribution in [0.4, 0.5) is 5.88 Å². The van der Waals surface area contributed by atoms with E-state index in [-0.39, 0.29) is 18.2 Å². The number of anilines is 1. The monoisotopic (exact) mass is 280 g/mol. The molecular formula is C14H20N2O4. The Bertz CT molecular complexity index is 487. The standard InChI is InChI=1S/C14H20N2O4/c1-10-8-12(20-16-10)15-11(17)9-14(13(18)19)6-4-2-3-5-7-14/h8H,2-7,9H2,1H3,(H,15,17)(H,18,19). The van der Waals surface area contributed by atoms with Gasteiger partial charge in [-0.2, -0.15) is 0 Å². The molecule has 2 N–H and O–H groups in total. The predicted octanol–water partition coefficient (Wildman–Crippen LogP) is 2.74. The lowest BCUT2D eigenvalue weighted by atomic mass is 9.77. The number of carboxylic acid groups (broad SMARTS) is 1. The van der Waals surface area contributed by atoms with E-state index in [1.807, 2.05) is 0 Å². The minimum absolute atomic E-state index is 0.0118. The molecule has 1 aromatic heterocycles. The number of nitrogens with zero attached hydrogens (tertiary/aromatic N) is 1. The van der Waals surface area contributed by atoms with Crippen molar-refractivity contribution in [3.63, 3.8) is 0 Å². The number of carboxylic acids is 1. The molecule has 1 aliphatic carbocycles. The molecule has 20 heavy (non-hydrogen) atoms. The molecule has 0 aliphatic heterocycles. The third kappa shape index (κ3) is 3.37. The maximum Gasteiger partial charge on any atom is 0.310 e. The highest BCUT2D eigenvalue weighted by molar-refractivity contribution is 5.93. The van der Waals surface area contributed by atoms with Gasteiger partial charge in [-0.3, -0.25) is 14.9 Å². The predicted molar refractivity (Wildman–Crippen MR) is 72.3 cm³/mol. The smallest absolute Gasteiger partial charge is 0.310 e. The first-order chi connectivity index (χ1) is 9.52. The first-order valence-electron chi connectivity index (χ1n) is 6.98. The fourth-order valence-corrected chi connectivity index (χ4v) is 2.78. The molecule has 6 heteroatoms. The van der Waals surface area contributed by atoms with Crippen LogP contribution in [0, 0.1) is 12.3 Å². The molecule has 1 amide bonds. The molecule has 0 atom stereocenters. The van der Waals surface area contributed by atoms with Crippen LogP contribution >= 0.6 is 0 Å². The lowest BCUT2D eigenvalue weighted by Crippen LogP contribution is -2.35. The third-order valence-corrected chi connectivity index (χ3v) is 3.90. The molecule has 0 saturated heterocycles. The number of nitrogens with one attached hydrogen (secondary N) is 1. The van der Waals surface area contributed by atoms with Crippen LogP contribution in [0.2, 0.25) is 0 Å². The molecule has 110 valence electrons. The lowest BCUT2D eigenvalue weighted by Gasteiger charge is -2.26. The SMILES string of the molecule is Cc1cc(NC(=O)CC2(C(=O)O)CCCCCC2)on1. The second kappa shape index (κ2) is 6.07. The first kappa shape index (κ1) is 14.6. The average molecular weight is 280 g/mol. The molecule has 0 bridgehead atoms. The third-order valence-electron chi connectivity index (χ3n) is 3.90. The second-order valence-corrected chi connectivity index (χ2v) is 5.56. The summed E-state index contributed by atoms with van der Waals surface area (Å²) in [4.78, 5) is 23.7. The van der Waals surface area contributed by atoms with Crippen molar-refractivity contribution >= 4 is 17.8 Å². The fraction of sp³-hybridized carbons (Fsp3) is 0.643. The van der Waals surface area contributed by atoms with E-state index in [4.69, 9.17) is 4.52 Å². The number of hydrogen-bond donors (Lipinski definition) is 2. The summed E-state index contributed by atoms with van der Waals surface area (Å²) in [5.41, 5.74) is -0.266. The van der Waals surface area contributed by atoms with Crippen molar-refractivity contribution < 1.29 is 19.2 Å². The average Bonchev–Trinajstić information content (AvgIpc) is 2.64. The van der Waals surface area contributed by atoms with Crippen molar-refractivity contribution in [2.75, 3.05) is 5.32 Å². The van der Waals surface area contributed by atoms with Crippen LogP contribution in [0.25, 0.3) is 0 Å². The number of aromatic nitrogens is 1. The Labute approximate surface area is 117 Å². The summed E-state index contributed by atoms with van der Waals surface area (Å²) in [5, 5.41) is 15.8. The van der Waals surface area contributed by atoms with Crippen LogP contribution in [0.5, 0.6) is 0 Å². The fourth-order valence-electron chi connectivity index (χ4n) is 2.78. The summed E-state index contributed by atoms with van der Waals surface area (Å²) in [6, 6.07) is 1.61. The maximum atomic E-state index is 12.0. The van der Waals surface area contributed by atoms with Crippen LogP contribution in [0.1, 0.15) is 50.6 Å². The van der Waals surface area contributed by atoms with E-state index in [0.29, 0.717) is 18.5 Å². The molecule has 1 aliphatic rings. The molecule has 0 unspecified atom stereocenters. The van der Waals surface area contributed by atoms with Gasteiger partial charge in [0.1, 0.15) is 0 Å². The largest absolute Gasteiger partial charge is 0.481 e. The summed E-state index contributed by atoms with van der Waals surface area (Å²) in [6.07, 6.45) is 4.91. The highest BCUT2D eigenvalue weighted by Gasteiger charge is 2.40. The Balaban J connectivity index is 2.03. The minimum Gasteiger partial charge on any atom is -0.481 e. The zero-order valence-electron chi connectivity index (χ0n) is 11.6. The number of carbonyl (C=O) groups excluding carboxylic acids is 1. The lowest BCUT2D eigenvalue weighted by molar-refractivity contribution is -0.152. The van der Waals surface area contributed by atoms with Gasteiger partial charge in [-0.1, -0.05) is 30.8 Å². The summed E-state index contributed by atoms with van der Waals surface area (Å²) >= 11 is 0. The quantitative estimate of drug-likeness (QED) is 0.827. The number of carbonyl (C=O) groups is 2. The zero-order valence-corrected chi connectivity index (χ0v) is 11.6. The number of rotatable bonds is 4. The molecule has 1 aromatic rings. The van der Waals surface area contributed by atoms with E-state index in [1.54, 1.807) is 13.0 Å². The first-order valence-corrected chi connectivity index (χ1v) is 6.98. The van der Waals surface area contributed by atoms with Gasteiger partial charge in [0.15, 0.2) is 0 Å². The summed E-state index contributed by atoms with van der Waals surface area (Å²) < 4.78 is 4.91. The Morgan fingerprint density at radius 1 is 1.35 bits per heavy atom. The van der Waals surface area contributed by atoms with Gasteiger partial charge in [-0.05, 0) is 19.8 Å². The highest BCUT2D eigenvalue weighted by Crippen LogP contribution is 2.38. The minimum atomic E-state index is -0.935. The Hall–Kier alpha value is -1.85. The van der Waals surface area contributed by atoms with Crippen LogP contribution in [0.15, 0.2) is 10.6 Å². The zero-order chi connectivity index (χ0) is 14.6. The van der Waals surface area contributed by atoms with E-state index in [2.05, 4.69) is 10.5 Å². The number of hydrogen-bond acceptors (Lipinski definition) is 4. The van der Waals surface area contributed by atoms with Gasteiger partial charge in [-0.15, -0.1) is 0 Å². The van der Waals surface area contributed by atoms with Gasteiger partial charge in [0.05, 0.1) is 11.1 Å². The molecule has 1 heterocycles. The van der Waals surface area contributed by atoms with Gasteiger partial charge in [0, 0.05) is 12.5 Å². The normalized spacial score (nSPS) is 18.2. The Kier molecular flexibility index (Phi) is 4.42. The molecule has 0 aromatic carbocycles. The number of aryl methyl sites for hydroxylation is 1. The van der Waals surface area contributed by atoms with Crippen LogP contribution in [0.3, 0.4) is 0 Å². The molecule has 0 radical (unpaired) electrons. The Morgan fingerprint density at radius 3 is 2.50 bits per heavy atom. The molecule has 1 fully saturated rings. The van der Waals surface area contributed by atoms with E-state index in [1.165, 1.54) is 0 Å². The van der Waals surface area contributed by atoms with Crippen LogP contribution in [-0.4, -0.2) is 22.1 Å². The number of aliphatic carboxylic acids is 1. The molecule has 0 spiro atoms. The van der Waals surface area contributed by atoms with Crippen molar-refractivity contribution in [2.24, 2.45) is 5.41 Å². The number of amides is 1. The van der Waals surface area contributed by atoms with Crippen molar-refractivity contribution in [3.8, 4) is 0 Å². The van der Waals surface area contributed by atoms with Gasteiger partial charge in [0.2, 0.25) is 11.8 Å². The van der Waals surface area contributed by atoms with Gasteiger partial charge in [0.25, 0.3) is 0 Å². The molecule has 1 saturated carbocycles. The maximum absolute atomic E-state index is 12.0. The topological polar surface area (TPSA) is 92.4 Å². The summed E-state index contributed by atoms with van der Waals surface area (Å²) in [6.45, 7) is 1.75. The van der Waals surface area contributed by atoms with E-state index < -0.39 is 11.4 Å². The Morgan fingerprint density at radius 2 is 2.00 bits per heavy atom. The van der Waals surface area contributed by atoms with Crippen molar-refractivity contribution in [1.29, 1.82) is 0 Å². The summed E-state index contributed by atoms with van der Waals surface area (Å²) in [7, 11) is 0. The van der Waals surface area contributed by atoms with Crippen molar-refractivity contribution in [3.05, 3.63) is 11.8 Å².